The van der Waals surface area contributed by atoms with Crippen molar-refractivity contribution in [2.24, 2.45) is 5.92 Å². The fourth-order valence-corrected chi connectivity index (χ4v) is 1.62. The Morgan fingerprint density at radius 3 is 2.46 bits per heavy atom. The van der Waals surface area contributed by atoms with E-state index in [1.165, 1.54) is 19.3 Å². The van der Waals surface area contributed by atoms with E-state index in [2.05, 4.69) is 20.8 Å². The largest absolute Gasteiger partial charge is 0.423 e. The van der Waals surface area contributed by atoms with E-state index in [9.17, 15) is 0 Å². The molecule has 1 nitrogen and oxygen atoms in total. The van der Waals surface area contributed by atoms with E-state index in [0.29, 0.717) is 0 Å². The van der Waals surface area contributed by atoms with Gasteiger partial charge in [-0.3, -0.25) is 0 Å². The summed E-state index contributed by atoms with van der Waals surface area (Å²) in [4.78, 5) is 0. The van der Waals surface area contributed by atoms with Crippen LogP contribution in [0.1, 0.15) is 46.5 Å². The summed E-state index contributed by atoms with van der Waals surface area (Å²) in [7, 11) is 0.839. The summed E-state index contributed by atoms with van der Waals surface area (Å²) in [6.07, 6.45) is 4.82. The number of hydrogen-bond acceptors (Lipinski definition) is 1. The second-order valence-corrected chi connectivity index (χ2v) is 5.23. The Morgan fingerprint density at radius 1 is 1.38 bits per heavy atom. The molecule has 0 heterocycles. The Balaban J connectivity index is 3.51. The van der Waals surface area contributed by atoms with Crippen LogP contribution < -0.4 is 0 Å². The molecule has 0 saturated carbocycles. The van der Waals surface area contributed by atoms with Crippen molar-refractivity contribution in [2.45, 2.75) is 52.1 Å². The highest BCUT2D eigenvalue weighted by molar-refractivity contribution is 6.17. The molecule has 0 amide bonds. The van der Waals surface area contributed by atoms with Gasteiger partial charge < -0.3 is 4.43 Å². The molecular formula is C10H23ClOSi. The third kappa shape index (κ3) is 7.53. The molecule has 0 fully saturated rings. The molecular weight excluding hydrogens is 200 g/mol. The number of alkyl halides is 1. The van der Waals surface area contributed by atoms with Crippen LogP contribution in [-0.2, 0) is 4.43 Å². The zero-order valence-corrected chi connectivity index (χ0v) is 12.2. The summed E-state index contributed by atoms with van der Waals surface area (Å²) in [6, 6.07) is 0. The van der Waals surface area contributed by atoms with Gasteiger partial charge in [0.05, 0.1) is 0 Å². The van der Waals surface area contributed by atoms with Crippen LogP contribution in [-0.4, -0.2) is 22.0 Å². The van der Waals surface area contributed by atoms with Gasteiger partial charge in [-0.05, 0) is 45.4 Å². The van der Waals surface area contributed by atoms with Gasteiger partial charge in [0.2, 0.25) is 0 Å². The molecule has 0 aromatic heterocycles. The zero-order chi connectivity index (χ0) is 10.3. The molecule has 0 bridgehead atoms. The highest BCUT2D eigenvalue weighted by atomic mass is 35.5. The first kappa shape index (κ1) is 13.5. The van der Waals surface area contributed by atoms with Crippen molar-refractivity contribution >= 4 is 22.1 Å². The van der Waals surface area contributed by atoms with Crippen molar-refractivity contribution in [2.75, 3.05) is 5.88 Å². The Labute approximate surface area is 90.7 Å². The highest BCUT2D eigenvalue weighted by Crippen LogP contribution is 2.21. The summed E-state index contributed by atoms with van der Waals surface area (Å²) in [6.45, 7) is 6.65. The van der Waals surface area contributed by atoms with E-state index in [4.69, 9.17) is 16.0 Å². The molecule has 13 heavy (non-hydrogen) atoms. The third-order valence-electron chi connectivity index (χ3n) is 2.62. The van der Waals surface area contributed by atoms with Gasteiger partial charge in [0, 0.05) is 11.5 Å². The van der Waals surface area contributed by atoms with Crippen molar-refractivity contribution in [3.8, 4) is 0 Å². The van der Waals surface area contributed by atoms with Crippen molar-refractivity contribution in [1.29, 1.82) is 0 Å². The monoisotopic (exact) mass is 222 g/mol. The SMILES string of the molecule is CC(CCCCl)CCC(C)(C)O[SiH3]. The van der Waals surface area contributed by atoms with Crippen LogP contribution in [0.2, 0.25) is 0 Å². The first-order valence-electron chi connectivity index (χ1n) is 5.13. The van der Waals surface area contributed by atoms with Crippen LogP contribution in [0.25, 0.3) is 0 Å². The number of halogens is 1. The quantitative estimate of drug-likeness (QED) is 0.475. The lowest BCUT2D eigenvalue weighted by Gasteiger charge is -2.25. The third-order valence-corrected chi connectivity index (χ3v) is 3.99. The topological polar surface area (TPSA) is 9.23 Å². The maximum Gasteiger partial charge on any atom is 0.146 e. The van der Waals surface area contributed by atoms with Crippen LogP contribution in [0.5, 0.6) is 0 Å². The van der Waals surface area contributed by atoms with Crippen molar-refractivity contribution in [3.63, 3.8) is 0 Å². The summed E-state index contributed by atoms with van der Waals surface area (Å²) >= 11 is 5.64. The first-order valence-corrected chi connectivity index (χ1v) is 6.48. The van der Waals surface area contributed by atoms with E-state index < -0.39 is 0 Å². The van der Waals surface area contributed by atoms with Gasteiger partial charge in [-0.1, -0.05) is 6.92 Å². The minimum Gasteiger partial charge on any atom is -0.423 e. The van der Waals surface area contributed by atoms with Crippen molar-refractivity contribution in [1.82, 2.24) is 0 Å². The average molecular weight is 223 g/mol. The van der Waals surface area contributed by atoms with E-state index in [0.717, 1.165) is 28.7 Å². The maximum atomic E-state index is 5.64. The summed E-state index contributed by atoms with van der Waals surface area (Å²) in [5, 5.41) is 0. The van der Waals surface area contributed by atoms with Gasteiger partial charge in [0.25, 0.3) is 0 Å². The second-order valence-electron chi connectivity index (χ2n) is 4.44. The second kappa shape index (κ2) is 6.85. The average Bonchev–Trinajstić information content (AvgIpc) is 2.11. The molecule has 0 aliphatic carbocycles. The molecule has 80 valence electrons. The minimum atomic E-state index is 0.0987. The van der Waals surface area contributed by atoms with Crippen LogP contribution in [0.3, 0.4) is 0 Å². The Bertz CT molecular complexity index is 128. The van der Waals surface area contributed by atoms with E-state index >= 15 is 0 Å². The van der Waals surface area contributed by atoms with Crippen LogP contribution in [0, 0.1) is 5.92 Å². The normalized spacial score (nSPS) is 14.8. The Hall–Kier alpha value is 0.467. The highest BCUT2D eigenvalue weighted by Gasteiger charge is 2.16. The predicted octanol–water partition coefficient (Wildman–Crippen LogP) is 2.50. The maximum absolute atomic E-state index is 5.64. The molecule has 0 aromatic rings. The molecule has 0 rings (SSSR count). The van der Waals surface area contributed by atoms with Crippen molar-refractivity contribution < 1.29 is 4.43 Å². The van der Waals surface area contributed by atoms with Crippen LogP contribution >= 0.6 is 11.6 Å². The van der Waals surface area contributed by atoms with E-state index in [1.807, 2.05) is 0 Å². The Morgan fingerprint density at radius 2 is 2.00 bits per heavy atom. The zero-order valence-electron chi connectivity index (χ0n) is 9.40. The molecule has 0 N–H and O–H groups in total. The van der Waals surface area contributed by atoms with Crippen LogP contribution in [0.15, 0.2) is 0 Å². The number of hydrogen-bond donors (Lipinski definition) is 0. The standard InChI is InChI=1S/C10H23ClOSi/c1-9(5-4-8-11)6-7-10(2,3)12-13/h9H,4-8H2,1-3,13H3. The molecule has 3 heteroatoms. The minimum absolute atomic E-state index is 0.0987. The lowest BCUT2D eigenvalue weighted by Crippen LogP contribution is -2.23. The molecule has 0 saturated heterocycles. The van der Waals surface area contributed by atoms with E-state index in [-0.39, 0.29) is 5.60 Å². The molecule has 0 spiro atoms. The molecule has 1 unspecified atom stereocenters. The summed E-state index contributed by atoms with van der Waals surface area (Å²) in [5.74, 6) is 1.58. The van der Waals surface area contributed by atoms with Gasteiger partial charge in [-0.25, -0.2) is 0 Å². The predicted molar refractivity (Wildman–Crippen MR) is 63.5 cm³/mol. The van der Waals surface area contributed by atoms with Crippen molar-refractivity contribution in [3.05, 3.63) is 0 Å². The van der Waals surface area contributed by atoms with Crippen LogP contribution in [0.4, 0.5) is 0 Å². The molecule has 1 atom stereocenters. The lowest BCUT2D eigenvalue weighted by atomic mass is 9.93. The fourth-order valence-electron chi connectivity index (χ4n) is 1.27. The first-order chi connectivity index (χ1) is 6.02. The number of rotatable bonds is 7. The summed E-state index contributed by atoms with van der Waals surface area (Å²) < 4.78 is 5.51. The molecule has 0 aromatic carbocycles. The molecule has 0 aliphatic heterocycles. The smallest absolute Gasteiger partial charge is 0.146 e. The molecule has 0 aliphatic rings. The van der Waals surface area contributed by atoms with Gasteiger partial charge in [-0.2, -0.15) is 0 Å². The van der Waals surface area contributed by atoms with Gasteiger partial charge >= 0.3 is 0 Å². The molecule has 0 radical (unpaired) electrons. The van der Waals surface area contributed by atoms with Gasteiger partial charge in [0.15, 0.2) is 0 Å². The van der Waals surface area contributed by atoms with Gasteiger partial charge in [0.1, 0.15) is 10.5 Å². The Kier molecular flexibility index (Phi) is 7.10. The summed E-state index contributed by atoms with van der Waals surface area (Å²) in [5.41, 5.74) is 0.0987. The van der Waals surface area contributed by atoms with E-state index in [1.54, 1.807) is 0 Å². The fraction of sp³-hybridized carbons (Fsp3) is 1.00. The lowest BCUT2D eigenvalue weighted by molar-refractivity contribution is 0.104. The van der Waals surface area contributed by atoms with Gasteiger partial charge in [-0.15, -0.1) is 11.6 Å².